The molecule has 3 aromatic carbocycles. The number of methoxy groups -OCH3 is 2. The fourth-order valence-electron chi connectivity index (χ4n) is 4.73. The number of rotatable bonds is 4. The Morgan fingerprint density at radius 1 is 0.588 bits per heavy atom. The lowest BCUT2D eigenvalue weighted by atomic mass is 9.85. The zero-order valence-corrected chi connectivity index (χ0v) is 19.4. The number of ether oxygens (including phenoxy) is 2. The lowest BCUT2D eigenvalue weighted by Crippen LogP contribution is -2.14. The molecule has 5 rings (SSSR count). The second kappa shape index (κ2) is 9.14. The van der Waals surface area contributed by atoms with Gasteiger partial charge in [0.25, 0.3) is 0 Å². The van der Waals surface area contributed by atoms with Crippen LogP contribution in [0.15, 0.2) is 71.8 Å². The highest BCUT2D eigenvalue weighted by Crippen LogP contribution is 2.31. The highest BCUT2D eigenvalue weighted by molar-refractivity contribution is 6.14. The van der Waals surface area contributed by atoms with Crippen molar-refractivity contribution in [2.75, 3.05) is 14.2 Å². The topological polar surface area (TPSA) is 52.6 Å². The molecule has 2 aliphatic rings. The van der Waals surface area contributed by atoms with Crippen LogP contribution >= 0.6 is 0 Å². The molecule has 170 valence electrons. The third-order valence-electron chi connectivity index (χ3n) is 6.64. The molecule has 0 N–H and O–H groups in total. The maximum Gasteiger partial charge on any atom is 0.189 e. The van der Waals surface area contributed by atoms with Gasteiger partial charge in [-0.05, 0) is 96.5 Å². The molecule has 0 aliphatic heterocycles. The molecule has 0 bridgehead atoms. The number of aryl methyl sites for hydroxylation is 2. The summed E-state index contributed by atoms with van der Waals surface area (Å²) in [6, 6.07) is 19.3. The first kappa shape index (κ1) is 21.9. The smallest absolute Gasteiger partial charge is 0.189 e. The third kappa shape index (κ3) is 4.19. The molecule has 0 fully saturated rings. The maximum atomic E-state index is 13.0. The van der Waals surface area contributed by atoms with Crippen molar-refractivity contribution in [2.45, 2.75) is 25.7 Å². The van der Waals surface area contributed by atoms with Gasteiger partial charge >= 0.3 is 0 Å². The summed E-state index contributed by atoms with van der Waals surface area (Å²) in [7, 11) is 3.27. The Bertz CT molecular complexity index is 1240. The van der Waals surface area contributed by atoms with E-state index in [9.17, 15) is 9.59 Å². The number of allylic oxidation sites excluding steroid dienone is 2. The van der Waals surface area contributed by atoms with Crippen LogP contribution in [0.2, 0.25) is 0 Å². The lowest BCUT2D eigenvalue weighted by molar-refractivity contribution is 0.101. The fourth-order valence-corrected chi connectivity index (χ4v) is 4.73. The molecule has 0 aromatic heterocycles. The van der Waals surface area contributed by atoms with Crippen molar-refractivity contribution < 1.29 is 19.1 Å². The van der Waals surface area contributed by atoms with Gasteiger partial charge in [0, 0.05) is 22.3 Å². The van der Waals surface area contributed by atoms with Crippen LogP contribution < -0.4 is 9.47 Å². The van der Waals surface area contributed by atoms with Crippen molar-refractivity contribution in [1.29, 1.82) is 0 Å². The number of carbonyl (C=O) groups excluding carboxylic acids is 2. The van der Waals surface area contributed by atoms with Crippen molar-refractivity contribution >= 4 is 23.7 Å². The number of Topliss-reactive ketones (excluding diaryl/α,β-unsaturated/α-hetero) is 2. The number of carbonyl (C=O) groups is 2. The van der Waals surface area contributed by atoms with E-state index < -0.39 is 0 Å². The van der Waals surface area contributed by atoms with E-state index in [1.807, 2.05) is 72.8 Å². The van der Waals surface area contributed by atoms with Gasteiger partial charge in [0.2, 0.25) is 0 Å². The average Bonchev–Trinajstić information content (AvgIpc) is 2.88. The van der Waals surface area contributed by atoms with E-state index in [-0.39, 0.29) is 11.6 Å². The van der Waals surface area contributed by atoms with Crippen LogP contribution in [-0.4, -0.2) is 25.8 Å². The van der Waals surface area contributed by atoms with Gasteiger partial charge in [0.05, 0.1) is 14.2 Å². The monoisotopic (exact) mass is 450 g/mol. The highest BCUT2D eigenvalue weighted by atomic mass is 16.5. The molecular formula is C30H26O4. The minimum absolute atomic E-state index is 0.0817. The second-order valence-electron chi connectivity index (χ2n) is 8.71. The van der Waals surface area contributed by atoms with Gasteiger partial charge in [-0.15, -0.1) is 0 Å². The first-order valence-corrected chi connectivity index (χ1v) is 11.5. The first-order chi connectivity index (χ1) is 16.6. The van der Waals surface area contributed by atoms with E-state index in [0.717, 1.165) is 68.9 Å². The largest absolute Gasteiger partial charge is 0.497 e. The summed E-state index contributed by atoms with van der Waals surface area (Å²) >= 11 is 0. The molecule has 4 nitrogen and oxygen atoms in total. The van der Waals surface area contributed by atoms with E-state index in [4.69, 9.17) is 9.47 Å². The van der Waals surface area contributed by atoms with Crippen molar-refractivity contribution in [2.24, 2.45) is 0 Å². The Hall–Kier alpha value is -3.92. The van der Waals surface area contributed by atoms with Gasteiger partial charge < -0.3 is 9.47 Å². The lowest BCUT2D eigenvalue weighted by Gasteiger charge is -2.18. The van der Waals surface area contributed by atoms with Crippen molar-refractivity contribution in [3.8, 4) is 11.5 Å². The second-order valence-corrected chi connectivity index (χ2v) is 8.71. The highest BCUT2D eigenvalue weighted by Gasteiger charge is 2.23. The number of hydrogen-bond donors (Lipinski definition) is 0. The Kier molecular flexibility index (Phi) is 5.89. The van der Waals surface area contributed by atoms with Gasteiger partial charge in [-0.2, -0.15) is 0 Å². The quantitative estimate of drug-likeness (QED) is 0.449. The molecule has 4 heteroatoms. The summed E-state index contributed by atoms with van der Waals surface area (Å²) in [5.41, 5.74) is 7.20. The zero-order chi connectivity index (χ0) is 23.7. The summed E-state index contributed by atoms with van der Waals surface area (Å²) in [5, 5.41) is 0. The molecule has 2 aliphatic carbocycles. The van der Waals surface area contributed by atoms with E-state index in [1.165, 1.54) is 0 Å². The molecule has 0 radical (unpaired) electrons. The molecule has 0 unspecified atom stereocenters. The maximum absolute atomic E-state index is 13.0. The van der Waals surface area contributed by atoms with E-state index in [0.29, 0.717) is 12.8 Å². The van der Waals surface area contributed by atoms with Crippen LogP contribution in [0, 0.1) is 0 Å². The van der Waals surface area contributed by atoms with Crippen LogP contribution in [0.4, 0.5) is 0 Å². The van der Waals surface area contributed by atoms with Gasteiger partial charge in [-0.1, -0.05) is 24.3 Å². The molecule has 0 atom stereocenters. The SMILES string of the molecule is COc1ccc2c(c1)CC/C(=C/c1ccc(/C=C3\CCc4cc(OC)ccc4C3=O)cc1)C2=O. The van der Waals surface area contributed by atoms with Crippen LogP contribution in [0.1, 0.15) is 55.8 Å². The summed E-state index contributed by atoms with van der Waals surface area (Å²) in [6.45, 7) is 0. The third-order valence-corrected chi connectivity index (χ3v) is 6.64. The molecule has 3 aromatic rings. The minimum Gasteiger partial charge on any atom is -0.497 e. The van der Waals surface area contributed by atoms with E-state index in [2.05, 4.69) is 0 Å². The van der Waals surface area contributed by atoms with E-state index >= 15 is 0 Å². The molecule has 0 spiro atoms. The number of hydrogen-bond acceptors (Lipinski definition) is 4. The molecule has 0 saturated heterocycles. The van der Waals surface area contributed by atoms with Gasteiger partial charge in [0.15, 0.2) is 11.6 Å². The molecule has 34 heavy (non-hydrogen) atoms. The van der Waals surface area contributed by atoms with Crippen molar-refractivity contribution in [1.82, 2.24) is 0 Å². The molecular weight excluding hydrogens is 424 g/mol. The molecule has 0 saturated carbocycles. The standard InChI is InChI=1S/C30H26O4/c1-33-25-11-13-27-21(17-25)7-9-23(29(27)31)15-19-3-5-20(6-4-19)16-24-10-8-22-18-26(34-2)12-14-28(22)30(24)32/h3-6,11-18H,7-10H2,1-2H3/b23-15-,24-16+. The van der Waals surface area contributed by atoms with Gasteiger partial charge in [0.1, 0.15) is 11.5 Å². The summed E-state index contributed by atoms with van der Waals surface area (Å²) < 4.78 is 10.6. The summed E-state index contributed by atoms with van der Waals surface area (Å²) in [5.74, 6) is 1.73. The first-order valence-electron chi connectivity index (χ1n) is 11.5. The normalized spacial score (nSPS) is 17.5. The fraction of sp³-hybridized carbons (Fsp3) is 0.200. The number of ketones is 2. The Labute approximate surface area is 199 Å². The number of fused-ring (bicyclic) bond motifs is 2. The predicted molar refractivity (Wildman–Crippen MR) is 134 cm³/mol. The van der Waals surface area contributed by atoms with E-state index in [1.54, 1.807) is 14.2 Å². The zero-order valence-electron chi connectivity index (χ0n) is 19.4. The summed E-state index contributed by atoms with van der Waals surface area (Å²) in [6.07, 6.45) is 7.02. The van der Waals surface area contributed by atoms with Crippen LogP contribution in [-0.2, 0) is 12.8 Å². The van der Waals surface area contributed by atoms with Gasteiger partial charge in [-0.25, -0.2) is 0 Å². The Balaban J connectivity index is 1.34. The van der Waals surface area contributed by atoms with Gasteiger partial charge in [-0.3, -0.25) is 9.59 Å². The summed E-state index contributed by atoms with van der Waals surface area (Å²) in [4.78, 5) is 25.9. The van der Waals surface area contributed by atoms with Crippen LogP contribution in [0.3, 0.4) is 0 Å². The van der Waals surface area contributed by atoms with Crippen molar-refractivity contribution in [3.05, 3.63) is 105 Å². The van der Waals surface area contributed by atoms with Crippen LogP contribution in [0.25, 0.3) is 12.2 Å². The molecule has 0 heterocycles. The van der Waals surface area contributed by atoms with Crippen LogP contribution in [0.5, 0.6) is 11.5 Å². The average molecular weight is 451 g/mol. The molecule has 0 amide bonds. The van der Waals surface area contributed by atoms with Crippen molar-refractivity contribution in [3.63, 3.8) is 0 Å². The number of benzene rings is 3. The predicted octanol–water partition coefficient (Wildman–Crippen LogP) is 6.13. The minimum atomic E-state index is 0.0817. The Morgan fingerprint density at radius 3 is 1.38 bits per heavy atom. The Morgan fingerprint density at radius 2 is 1.00 bits per heavy atom.